The normalized spacial score (nSPS) is 33.5. The molecule has 1 aromatic rings. The quantitative estimate of drug-likeness (QED) is 0.509. The molecule has 6 heteroatoms. The molecule has 7 rings (SSSR count). The minimum absolute atomic E-state index is 0.00812. The summed E-state index contributed by atoms with van der Waals surface area (Å²) in [4.78, 5) is 41.9. The second kappa shape index (κ2) is 9.50. The van der Waals surface area contributed by atoms with E-state index in [0.29, 0.717) is 11.5 Å². The topological polar surface area (TPSA) is 66.5 Å². The standard InChI is InChI=1S/C31H41FN2O3/c1-18(2)28(35)27(20-7-4-3-5-8-20)33-29(36)25-10-6-9-24(26(25)32)21-13-22-11-12-23(14-21)34(22)30(37)31-15-19(16-31)17-31/h6,9-10,18-23,27H,3-5,7-8,11-17H2,1-2H3,(H,33,36)/t19?,21?,22?,23?,27-,31?/m1/s1. The lowest BCUT2D eigenvalue weighted by Gasteiger charge is -2.62. The Balaban J connectivity index is 1.18. The number of benzene rings is 1. The number of fused-ring (bicyclic) bond motifs is 2. The summed E-state index contributed by atoms with van der Waals surface area (Å²) in [7, 11) is 0. The van der Waals surface area contributed by atoms with Gasteiger partial charge in [0.25, 0.3) is 5.91 Å². The fourth-order valence-electron chi connectivity index (χ4n) is 8.28. The molecule has 2 aliphatic heterocycles. The van der Waals surface area contributed by atoms with Gasteiger partial charge in [0.15, 0.2) is 5.78 Å². The predicted molar refractivity (Wildman–Crippen MR) is 139 cm³/mol. The van der Waals surface area contributed by atoms with Gasteiger partial charge >= 0.3 is 0 Å². The van der Waals surface area contributed by atoms with Crippen LogP contribution in [-0.4, -0.2) is 40.6 Å². The maximum absolute atomic E-state index is 15.9. The van der Waals surface area contributed by atoms with E-state index in [1.165, 1.54) is 0 Å². The van der Waals surface area contributed by atoms with Crippen LogP contribution in [0, 0.1) is 29.0 Å². The third-order valence-corrected chi connectivity index (χ3v) is 10.5. The summed E-state index contributed by atoms with van der Waals surface area (Å²) in [5.74, 6) is 0.178. The van der Waals surface area contributed by atoms with Gasteiger partial charge in [-0.25, -0.2) is 4.39 Å². The number of piperidine rings is 1. The highest BCUT2D eigenvalue weighted by Crippen LogP contribution is 2.66. The first-order chi connectivity index (χ1) is 17.8. The molecular weight excluding hydrogens is 467 g/mol. The van der Waals surface area contributed by atoms with Crippen LogP contribution in [-0.2, 0) is 9.59 Å². The number of rotatable bonds is 7. The van der Waals surface area contributed by atoms with Gasteiger partial charge < -0.3 is 10.2 Å². The van der Waals surface area contributed by atoms with Gasteiger partial charge in [-0.1, -0.05) is 45.2 Å². The lowest BCUT2D eigenvalue weighted by molar-refractivity contribution is -0.181. The van der Waals surface area contributed by atoms with Gasteiger partial charge in [-0.05, 0) is 87.2 Å². The second-order valence-electron chi connectivity index (χ2n) is 13.1. The molecule has 2 saturated heterocycles. The monoisotopic (exact) mass is 508 g/mol. The van der Waals surface area contributed by atoms with E-state index >= 15 is 4.39 Å². The van der Waals surface area contributed by atoms with E-state index in [1.54, 1.807) is 12.1 Å². The van der Waals surface area contributed by atoms with Crippen molar-refractivity contribution in [3.63, 3.8) is 0 Å². The Labute approximate surface area is 219 Å². The molecule has 5 nitrogen and oxygen atoms in total. The molecule has 6 fully saturated rings. The lowest BCUT2D eigenvalue weighted by Crippen LogP contribution is -2.63. The highest BCUT2D eigenvalue weighted by molar-refractivity contribution is 5.98. The molecule has 4 aliphatic carbocycles. The fraction of sp³-hybridized carbons (Fsp3) is 0.710. The molecular formula is C31H41FN2O3. The van der Waals surface area contributed by atoms with E-state index in [0.717, 1.165) is 83.0 Å². The van der Waals surface area contributed by atoms with Gasteiger partial charge in [0.1, 0.15) is 5.82 Å². The van der Waals surface area contributed by atoms with Gasteiger partial charge in [0.2, 0.25) is 5.91 Å². The van der Waals surface area contributed by atoms with Crippen LogP contribution in [0.25, 0.3) is 0 Å². The molecule has 1 aromatic carbocycles. The SMILES string of the molecule is CC(C)C(=O)[C@H](NC(=O)c1cccc(C2CC3CCC(C2)N3C(=O)C23CC(C2)C3)c1F)C1CCCCC1. The third kappa shape index (κ3) is 4.23. The van der Waals surface area contributed by atoms with Crippen LogP contribution in [0.1, 0.15) is 113 Å². The predicted octanol–water partition coefficient (Wildman–Crippen LogP) is 5.77. The van der Waals surface area contributed by atoms with Crippen molar-refractivity contribution in [2.75, 3.05) is 0 Å². The van der Waals surface area contributed by atoms with Gasteiger partial charge in [-0.2, -0.15) is 0 Å². The van der Waals surface area contributed by atoms with Crippen LogP contribution in [0.2, 0.25) is 0 Å². The summed E-state index contributed by atoms with van der Waals surface area (Å²) in [5, 5.41) is 2.96. The highest BCUT2D eigenvalue weighted by atomic mass is 19.1. The minimum atomic E-state index is -0.557. The van der Waals surface area contributed by atoms with Crippen LogP contribution < -0.4 is 5.32 Å². The van der Waals surface area contributed by atoms with Crippen molar-refractivity contribution < 1.29 is 18.8 Å². The first-order valence-electron chi connectivity index (χ1n) is 14.7. The number of halogens is 1. The van der Waals surface area contributed by atoms with E-state index in [1.807, 2.05) is 19.9 Å². The summed E-state index contributed by atoms with van der Waals surface area (Å²) in [6.45, 7) is 3.73. The first kappa shape index (κ1) is 25.1. The van der Waals surface area contributed by atoms with Crippen molar-refractivity contribution >= 4 is 17.6 Å². The molecule has 6 aliphatic rings. The number of ketones is 1. The number of carbonyl (C=O) groups is 3. The molecule has 4 saturated carbocycles. The smallest absolute Gasteiger partial charge is 0.254 e. The van der Waals surface area contributed by atoms with Gasteiger partial charge in [-0.3, -0.25) is 14.4 Å². The Hall–Kier alpha value is -2.24. The average molecular weight is 509 g/mol. The lowest BCUT2D eigenvalue weighted by atomic mass is 9.44. The molecule has 37 heavy (non-hydrogen) atoms. The zero-order valence-electron chi connectivity index (χ0n) is 22.3. The maximum Gasteiger partial charge on any atom is 0.254 e. The van der Waals surface area contributed by atoms with E-state index < -0.39 is 17.8 Å². The summed E-state index contributed by atoms with van der Waals surface area (Å²) in [5.41, 5.74) is 0.560. The fourth-order valence-corrected chi connectivity index (χ4v) is 8.28. The Morgan fingerprint density at radius 1 is 0.973 bits per heavy atom. The molecule has 4 bridgehead atoms. The Morgan fingerprint density at radius 3 is 2.19 bits per heavy atom. The molecule has 0 radical (unpaired) electrons. The van der Waals surface area contributed by atoms with Crippen molar-refractivity contribution in [2.45, 2.75) is 115 Å². The molecule has 0 spiro atoms. The summed E-state index contributed by atoms with van der Waals surface area (Å²) in [6, 6.07) is 4.93. The number of hydrogen-bond acceptors (Lipinski definition) is 3. The van der Waals surface area contributed by atoms with E-state index in [2.05, 4.69) is 10.2 Å². The summed E-state index contributed by atoms with van der Waals surface area (Å²) >= 11 is 0. The van der Waals surface area contributed by atoms with E-state index in [-0.39, 0.29) is 46.6 Å². The van der Waals surface area contributed by atoms with Crippen LogP contribution in [0.3, 0.4) is 0 Å². The maximum atomic E-state index is 15.9. The first-order valence-corrected chi connectivity index (χ1v) is 14.7. The number of carbonyl (C=O) groups excluding carboxylic acids is 3. The Bertz CT molecular complexity index is 1060. The highest BCUT2D eigenvalue weighted by Gasteiger charge is 2.64. The molecule has 0 aromatic heterocycles. The second-order valence-corrected chi connectivity index (χ2v) is 13.1. The number of hydrogen-bond donors (Lipinski definition) is 1. The zero-order valence-corrected chi connectivity index (χ0v) is 22.3. The molecule has 2 amide bonds. The van der Waals surface area contributed by atoms with Gasteiger partial charge in [0, 0.05) is 18.0 Å². The van der Waals surface area contributed by atoms with E-state index in [4.69, 9.17) is 0 Å². The largest absolute Gasteiger partial charge is 0.342 e. The molecule has 2 unspecified atom stereocenters. The van der Waals surface area contributed by atoms with Crippen molar-refractivity contribution in [1.29, 1.82) is 0 Å². The molecule has 200 valence electrons. The van der Waals surface area contributed by atoms with Crippen molar-refractivity contribution in [1.82, 2.24) is 10.2 Å². The van der Waals surface area contributed by atoms with Crippen LogP contribution in [0.15, 0.2) is 18.2 Å². The summed E-state index contributed by atoms with van der Waals surface area (Å²) in [6.07, 6.45) is 11.9. The van der Waals surface area contributed by atoms with Crippen molar-refractivity contribution in [2.24, 2.45) is 23.2 Å². The Morgan fingerprint density at radius 2 is 1.62 bits per heavy atom. The van der Waals surface area contributed by atoms with Gasteiger partial charge in [-0.15, -0.1) is 0 Å². The third-order valence-electron chi connectivity index (χ3n) is 10.5. The summed E-state index contributed by atoms with van der Waals surface area (Å²) < 4.78 is 15.9. The molecule has 1 N–H and O–H groups in total. The van der Waals surface area contributed by atoms with Crippen molar-refractivity contribution in [3.05, 3.63) is 35.1 Å². The van der Waals surface area contributed by atoms with Crippen molar-refractivity contribution in [3.8, 4) is 0 Å². The van der Waals surface area contributed by atoms with E-state index in [9.17, 15) is 14.4 Å². The van der Waals surface area contributed by atoms with Crippen LogP contribution >= 0.6 is 0 Å². The number of nitrogens with one attached hydrogen (secondary N) is 1. The number of amides is 2. The zero-order chi connectivity index (χ0) is 25.9. The molecule has 3 atom stereocenters. The van der Waals surface area contributed by atoms with Gasteiger partial charge in [0.05, 0.1) is 17.0 Å². The Kier molecular flexibility index (Phi) is 6.43. The van der Waals surface area contributed by atoms with Crippen LogP contribution in [0.4, 0.5) is 4.39 Å². The number of Topliss-reactive ketones (excluding diaryl/α,β-unsaturated/α-hetero) is 1. The average Bonchev–Trinajstić information content (AvgIpc) is 3.10. The minimum Gasteiger partial charge on any atom is -0.342 e. The van der Waals surface area contributed by atoms with Crippen LogP contribution in [0.5, 0.6) is 0 Å². The number of nitrogens with zero attached hydrogens (tertiary/aromatic N) is 1. The molecule has 2 heterocycles.